The number of nitrogens with one attached hydrogen (secondary N) is 1. The fourth-order valence-corrected chi connectivity index (χ4v) is 2.04. The largest absolute Gasteiger partial charge is 0.497 e. The molecule has 1 aromatic rings. The lowest BCUT2D eigenvalue weighted by Gasteiger charge is -2.14. The lowest BCUT2D eigenvalue weighted by Crippen LogP contribution is -2.41. The molecule has 0 bridgehead atoms. The van der Waals surface area contributed by atoms with Crippen molar-refractivity contribution in [3.63, 3.8) is 0 Å². The first-order valence-corrected chi connectivity index (χ1v) is 7.77. The Morgan fingerprint density at radius 1 is 1.27 bits per heavy atom. The van der Waals surface area contributed by atoms with Gasteiger partial charge in [-0.25, -0.2) is 0 Å². The molecule has 1 amide bonds. The van der Waals surface area contributed by atoms with Crippen molar-refractivity contribution in [2.75, 3.05) is 20.3 Å². The third kappa shape index (κ3) is 7.43. The normalized spacial score (nSPS) is 12.2. The number of carbonyl (C=O) groups is 1. The van der Waals surface area contributed by atoms with Gasteiger partial charge in [-0.2, -0.15) is 0 Å². The maximum atomic E-state index is 11.7. The Morgan fingerprint density at radius 2 is 1.95 bits per heavy atom. The quantitative estimate of drug-likeness (QED) is 0.649. The zero-order valence-electron chi connectivity index (χ0n) is 13.8. The predicted molar refractivity (Wildman–Crippen MR) is 87.7 cm³/mol. The minimum atomic E-state index is -0.416. The molecule has 3 N–H and O–H groups in total. The molecule has 0 saturated heterocycles. The molecule has 0 radical (unpaired) electrons. The maximum Gasteiger partial charge on any atom is 0.236 e. The van der Waals surface area contributed by atoms with Crippen molar-refractivity contribution in [1.29, 1.82) is 0 Å². The van der Waals surface area contributed by atoms with Crippen LogP contribution in [-0.2, 0) is 16.1 Å². The Kier molecular flexibility index (Phi) is 8.55. The van der Waals surface area contributed by atoms with Gasteiger partial charge in [-0.1, -0.05) is 26.0 Å². The predicted octanol–water partition coefficient (Wildman–Crippen LogP) is 2.09. The lowest BCUT2D eigenvalue weighted by molar-refractivity contribution is -0.122. The number of methoxy groups -OCH3 is 1. The molecule has 5 nitrogen and oxygen atoms in total. The number of rotatable bonds is 10. The van der Waals surface area contributed by atoms with E-state index in [1.807, 2.05) is 24.3 Å². The minimum Gasteiger partial charge on any atom is -0.497 e. The van der Waals surface area contributed by atoms with Crippen molar-refractivity contribution in [3.05, 3.63) is 29.8 Å². The average molecular weight is 308 g/mol. The molecule has 0 aliphatic rings. The van der Waals surface area contributed by atoms with Gasteiger partial charge in [0.05, 0.1) is 19.8 Å². The molecule has 1 atom stereocenters. The number of hydrogen-bond donors (Lipinski definition) is 2. The highest BCUT2D eigenvalue weighted by Gasteiger charge is 2.13. The molecule has 0 fully saturated rings. The Balaban J connectivity index is 2.08. The topological polar surface area (TPSA) is 73.6 Å². The van der Waals surface area contributed by atoms with Crippen LogP contribution in [0.4, 0.5) is 0 Å². The van der Waals surface area contributed by atoms with Gasteiger partial charge in [-0.3, -0.25) is 4.79 Å². The van der Waals surface area contributed by atoms with Crippen molar-refractivity contribution < 1.29 is 14.3 Å². The van der Waals surface area contributed by atoms with E-state index < -0.39 is 6.04 Å². The lowest BCUT2D eigenvalue weighted by atomic mass is 10.0. The summed E-state index contributed by atoms with van der Waals surface area (Å²) < 4.78 is 10.7. The van der Waals surface area contributed by atoms with Gasteiger partial charge in [-0.05, 0) is 36.5 Å². The van der Waals surface area contributed by atoms with Crippen LogP contribution in [0.3, 0.4) is 0 Å². The van der Waals surface area contributed by atoms with E-state index in [1.54, 1.807) is 7.11 Å². The Labute approximate surface area is 133 Å². The molecule has 0 aliphatic heterocycles. The van der Waals surface area contributed by atoms with E-state index in [9.17, 15) is 4.79 Å². The van der Waals surface area contributed by atoms with Crippen LogP contribution in [0.2, 0.25) is 0 Å². The van der Waals surface area contributed by atoms with Crippen LogP contribution >= 0.6 is 0 Å². The molecule has 124 valence electrons. The molecule has 0 spiro atoms. The number of hydrogen-bond acceptors (Lipinski definition) is 4. The van der Waals surface area contributed by atoms with Crippen molar-refractivity contribution in [2.24, 2.45) is 11.7 Å². The van der Waals surface area contributed by atoms with Crippen LogP contribution in [0.15, 0.2) is 24.3 Å². The van der Waals surface area contributed by atoms with E-state index >= 15 is 0 Å². The fraction of sp³-hybridized carbons (Fsp3) is 0.588. The molecule has 5 heteroatoms. The second kappa shape index (κ2) is 10.2. The van der Waals surface area contributed by atoms with E-state index in [4.69, 9.17) is 15.2 Å². The highest BCUT2D eigenvalue weighted by molar-refractivity contribution is 5.81. The van der Waals surface area contributed by atoms with E-state index in [-0.39, 0.29) is 5.91 Å². The van der Waals surface area contributed by atoms with Gasteiger partial charge < -0.3 is 20.5 Å². The van der Waals surface area contributed by atoms with Crippen LogP contribution in [0.1, 0.15) is 32.3 Å². The van der Waals surface area contributed by atoms with Crippen LogP contribution in [0.5, 0.6) is 5.75 Å². The summed E-state index contributed by atoms with van der Waals surface area (Å²) in [6.07, 6.45) is 1.48. The van der Waals surface area contributed by atoms with Crippen LogP contribution in [-0.4, -0.2) is 32.2 Å². The zero-order chi connectivity index (χ0) is 16.4. The van der Waals surface area contributed by atoms with Crippen LogP contribution < -0.4 is 15.8 Å². The first kappa shape index (κ1) is 18.5. The minimum absolute atomic E-state index is 0.0798. The maximum absolute atomic E-state index is 11.7. The standard InChI is InChI=1S/C17H28N2O3/c1-13(2)11-16(18)17(20)19-9-4-10-22-12-14-5-7-15(21-3)8-6-14/h5-8,13,16H,4,9-12,18H2,1-3H3,(H,19,20)/t16-/m0/s1. The molecule has 1 aromatic carbocycles. The summed E-state index contributed by atoms with van der Waals surface area (Å²) in [5.41, 5.74) is 6.91. The zero-order valence-corrected chi connectivity index (χ0v) is 13.8. The summed E-state index contributed by atoms with van der Waals surface area (Å²) in [5, 5.41) is 2.84. The second-order valence-corrected chi connectivity index (χ2v) is 5.78. The Hall–Kier alpha value is -1.59. The SMILES string of the molecule is COc1ccc(COCCCNC(=O)[C@@H](N)CC(C)C)cc1. The third-order valence-corrected chi connectivity index (χ3v) is 3.25. The summed E-state index contributed by atoms with van der Waals surface area (Å²) in [6.45, 7) is 5.87. The van der Waals surface area contributed by atoms with Gasteiger partial charge in [0.15, 0.2) is 0 Å². The van der Waals surface area contributed by atoms with Crippen molar-refractivity contribution in [3.8, 4) is 5.75 Å². The number of carbonyl (C=O) groups excluding carboxylic acids is 1. The first-order valence-electron chi connectivity index (χ1n) is 7.77. The van der Waals surface area contributed by atoms with Crippen molar-refractivity contribution in [1.82, 2.24) is 5.32 Å². The Bertz CT molecular complexity index is 432. The smallest absolute Gasteiger partial charge is 0.236 e. The molecule has 1 rings (SSSR count). The third-order valence-electron chi connectivity index (χ3n) is 3.25. The summed E-state index contributed by atoms with van der Waals surface area (Å²) >= 11 is 0. The summed E-state index contributed by atoms with van der Waals surface area (Å²) in [7, 11) is 1.65. The molecule has 22 heavy (non-hydrogen) atoms. The van der Waals surface area contributed by atoms with Gasteiger partial charge in [0.2, 0.25) is 5.91 Å². The Morgan fingerprint density at radius 3 is 2.55 bits per heavy atom. The van der Waals surface area contributed by atoms with Gasteiger partial charge in [0, 0.05) is 13.2 Å². The molecular weight excluding hydrogens is 280 g/mol. The summed E-state index contributed by atoms with van der Waals surface area (Å²) in [6, 6.07) is 7.36. The molecule has 0 unspecified atom stereocenters. The van der Waals surface area contributed by atoms with E-state index in [0.717, 1.165) is 17.7 Å². The fourth-order valence-electron chi connectivity index (χ4n) is 2.04. The summed E-state index contributed by atoms with van der Waals surface area (Å²) in [4.78, 5) is 11.7. The highest BCUT2D eigenvalue weighted by atomic mass is 16.5. The van der Waals surface area contributed by atoms with Crippen LogP contribution in [0, 0.1) is 5.92 Å². The monoisotopic (exact) mass is 308 g/mol. The van der Waals surface area contributed by atoms with Crippen molar-refractivity contribution in [2.45, 2.75) is 39.3 Å². The number of ether oxygens (including phenoxy) is 2. The molecule has 0 aromatic heterocycles. The molecule has 0 aliphatic carbocycles. The van der Waals surface area contributed by atoms with Crippen LogP contribution in [0.25, 0.3) is 0 Å². The average Bonchev–Trinajstić information content (AvgIpc) is 2.50. The second-order valence-electron chi connectivity index (χ2n) is 5.78. The molecular formula is C17H28N2O3. The number of nitrogens with two attached hydrogens (primary N) is 1. The van der Waals surface area contributed by atoms with Gasteiger partial charge >= 0.3 is 0 Å². The summed E-state index contributed by atoms with van der Waals surface area (Å²) in [5.74, 6) is 1.18. The van der Waals surface area contributed by atoms with Gasteiger partial charge in [0.25, 0.3) is 0 Å². The number of benzene rings is 1. The molecule has 0 saturated carbocycles. The highest BCUT2D eigenvalue weighted by Crippen LogP contribution is 2.11. The van der Waals surface area contributed by atoms with E-state index in [1.165, 1.54) is 0 Å². The van der Waals surface area contributed by atoms with E-state index in [2.05, 4.69) is 19.2 Å². The van der Waals surface area contributed by atoms with E-state index in [0.29, 0.717) is 32.1 Å². The van der Waals surface area contributed by atoms with Gasteiger partial charge in [-0.15, -0.1) is 0 Å². The first-order chi connectivity index (χ1) is 10.5. The molecule has 0 heterocycles. The van der Waals surface area contributed by atoms with Crippen molar-refractivity contribution >= 4 is 5.91 Å². The number of amides is 1. The van der Waals surface area contributed by atoms with Gasteiger partial charge in [0.1, 0.15) is 5.75 Å².